The van der Waals surface area contributed by atoms with Crippen molar-refractivity contribution in [3.05, 3.63) is 47.0 Å². The first-order valence-corrected chi connectivity index (χ1v) is 7.21. The molecule has 0 bridgehead atoms. The molecule has 2 aromatic carbocycles. The number of hydrogen-bond donors (Lipinski definition) is 2. The summed E-state index contributed by atoms with van der Waals surface area (Å²) in [5.41, 5.74) is 0.952. The van der Waals surface area contributed by atoms with Gasteiger partial charge in [0.2, 0.25) is 0 Å². The van der Waals surface area contributed by atoms with E-state index in [1.54, 1.807) is 18.2 Å². The highest BCUT2D eigenvalue weighted by Crippen LogP contribution is 2.32. The van der Waals surface area contributed by atoms with Crippen molar-refractivity contribution in [1.29, 1.82) is 0 Å². The van der Waals surface area contributed by atoms with Crippen LogP contribution in [0.25, 0.3) is 0 Å². The molecule has 0 atom stereocenters. The zero-order valence-electron chi connectivity index (χ0n) is 11.6. The molecule has 5 nitrogen and oxygen atoms in total. The highest BCUT2D eigenvalue weighted by atomic mass is 35.5. The van der Waals surface area contributed by atoms with E-state index in [1.807, 2.05) is 0 Å². The lowest BCUT2D eigenvalue weighted by molar-refractivity contribution is 0.102. The molecule has 0 saturated heterocycles. The number of aromatic hydroxyl groups is 1. The van der Waals surface area contributed by atoms with Crippen LogP contribution >= 0.6 is 11.6 Å². The summed E-state index contributed by atoms with van der Waals surface area (Å²) in [6.07, 6.45) is 0.822. The number of amides is 1. The van der Waals surface area contributed by atoms with Crippen molar-refractivity contribution >= 4 is 23.2 Å². The van der Waals surface area contributed by atoms with E-state index in [-0.39, 0.29) is 16.7 Å². The maximum Gasteiger partial charge on any atom is 0.255 e. The summed E-state index contributed by atoms with van der Waals surface area (Å²) in [7, 11) is 0. The Morgan fingerprint density at radius 3 is 2.64 bits per heavy atom. The number of ether oxygens (including phenoxy) is 2. The molecule has 114 valence electrons. The van der Waals surface area contributed by atoms with Crippen LogP contribution in [-0.2, 0) is 0 Å². The fourth-order valence-corrected chi connectivity index (χ4v) is 2.27. The van der Waals surface area contributed by atoms with Crippen LogP contribution in [-0.4, -0.2) is 24.2 Å². The van der Waals surface area contributed by atoms with Gasteiger partial charge in [-0.05, 0) is 30.3 Å². The molecule has 1 aliphatic rings. The lowest BCUT2D eigenvalue weighted by atomic mass is 10.2. The molecule has 1 heterocycles. The largest absolute Gasteiger partial charge is 0.506 e. The van der Waals surface area contributed by atoms with E-state index >= 15 is 0 Å². The minimum Gasteiger partial charge on any atom is -0.506 e. The van der Waals surface area contributed by atoms with Crippen molar-refractivity contribution in [2.24, 2.45) is 0 Å². The monoisotopic (exact) mass is 319 g/mol. The van der Waals surface area contributed by atoms with Gasteiger partial charge in [0.15, 0.2) is 11.5 Å². The molecule has 1 aliphatic heterocycles. The number of carbonyl (C=O) groups excluding carboxylic acids is 1. The van der Waals surface area contributed by atoms with E-state index in [1.165, 1.54) is 18.2 Å². The van der Waals surface area contributed by atoms with Gasteiger partial charge in [-0.15, -0.1) is 0 Å². The van der Waals surface area contributed by atoms with Crippen LogP contribution in [0.2, 0.25) is 5.02 Å². The average molecular weight is 320 g/mol. The number of benzene rings is 2. The first-order chi connectivity index (χ1) is 10.6. The van der Waals surface area contributed by atoms with E-state index in [9.17, 15) is 9.90 Å². The van der Waals surface area contributed by atoms with Gasteiger partial charge >= 0.3 is 0 Å². The van der Waals surface area contributed by atoms with Crippen LogP contribution in [0.5, 0.6) is 17.2 Å². The minimum atomic E-state index is -0.323. The zero-order chi connectivity index (χ0) is 15.5. The first-order valence-electron chi connectivity index (χ1n) is 6.83. The molecule has 2 aromatic rings. The van der Waals surface area contributed by atoms with E-state index in [0.717, 1.165) is 6.42 Å². The molecular formula is C16H14ClNO4. The molecule has 0 radical (unpaired) electrons. The smallest absolute Gasteiger partial charge is 0.255 e. The standard InChI is InChI=1S/C16H14ClNO4/c17-12-8-10(2-4-13(12)19)16(20)18-11-3-5-14-15(9-11)22-7-1-6-21-14/h2-5,8-9,19H,1,6-7H2,(H,18,20). The summed E-state index contributed by atoms with van der Waals surface area (Å²) in [6, 6.07) is 9.52. The predicted octanol–water partition coefficient (Wildman–Crippen LogP) is 3.46. The van der Waals surface area contributed by atoms with Gasteiger partial charge in [0, 0.05) is 23.7 Å². The molecule has 6 heteroatoms. The fraction of sp³-hybridized carbons (Fsp3) is 0.188. The molecule has 0 aromatic heterocycles. The second kappa shape index (κ2) is 6.15. The van der Waals surface area contributed by atoms with Crippen LogP contribution in [0.15, 0.2) is 36.4 Å². The van der Waals surface area contributed by atoms with Crippen molar-refractivity contribution in [2.45, 2.75) is 6.42 Å². The number of halogens is 1. The highest BCUT2D eigenvalue weighted by Gasteiger charge is 2.13. The van der Waals surface area contributed by atoms with Crippen molar-refractivity contribution in [3.8, 4) is 17.2 Å². The maximum absolute atomic E-state index is 12.2. The Labute approximate surface area is 132 Å². The molecule has 22 heavy (non-hydrogen) atoms. The number of hydrogen-bond acceptors (Lipinski definition) is 4. The normalized spacial score (nSPS) is 13.3. The Bertz CT molecular complexity index is 717. The van der Waals surface area contributed by atoms with Gasteiger partial charge in [-0.1, -0.05) is 11.6 Å². The summed E-state index contributed by atoms with van der Waals surface area (Å²) < 4.78 is 11.1. The van der Waals surface area contributed by atoms with Gasteiger partial charge in [0.25, 0.3) is 5.91 Å². The highest BCUT2D eigenvalue weighted by molar-refractivity contribution is 6.32. The van der Waals surface area contributed by atoms with Gasteiger partial charge in [-0.3, -0.25) is 4.79 Å². The van der Waals surface area contributed by atoms with Gasteiger partial charge in [-0.2, -0.15) is 0 Å². The SMILES string of the molecule is O=C(Nc1ccc2c(c1)OCCCO2)c1ccc(O)c(Cl)c1. The van der Waals surface area contributed by atoms with Crippen molar-refractivity contribution in [2.75, 3.05) is 18.5 Å². The quantitative estimate of drug-likeness (QED) is 0.889. The Kier molecular flexibility index (Phi) is 4.06. The van der Waals surface area contributed by atoms with E-state index < -0.39 is 0 Å². The lowest BCUT2D eigenvalue weighted by Crippen LogP contribution is -2.11. The third-order valence-corrected chi connectivity index (χ3v) is 3.52. The van der Waals surface area contributed by atoms with Crippen LogP contribution < -0.4 is 14.8 Å². The summed E-state index contributed by atoms with van der Waals surface area (Å²) in [6.45, 7) is 1.20. The topological polar surface area (TPSA) is 67.8 Å². The Hall–Kier alpha value is -2.40. The molecular weight excluding hydrogens is 306 g/mol. The average Bonchev–Trinajstić information content (AvgIpc) is 2.74. The summed E-state index contributed by atoms with van der Waals surface area (Å²) in [5, 5.41) is 12.3. The van der Waals surface area contributed by atoms with Crippen LogP contribution in [0.4, 0.5) is 5.69 Å². The van der Waals surface area contributed by atoms with Gasteiger partial charge in [-0.25, -0.2) is 0 Å². The van der Waals surface area contributed by atoms with Crippen LogP contribution in [0.1, 0.15) is 16.8 Å². The Balaban J connectivity index is 1.79. The van der Waals surface area contributed by atoms with E-state index in [0.29, 0.717) is 36.0 Å². The lowest BCUT2D eigenvalue weighted by Gasteiger charge is -2.10. The van der Waals surface area contributed by atoms with E-state index in [2.05, 4.69) is 5.32 Å². The molecule has 0 unspecified atom stereocenters. The number of rotatable bonds is 2. The van der Waals surface area contributed by atoms with Crippen molar-refractivity contribution < 1.29 is 19.4 Å². The molecule has 0 spiro atoms. The molecule has 0 saturated carbocycles. The van der Waals surface area contributed by atoms with Crippen molar-refractivity contribution in [1.82, 2.24) is 0 Å². The number of phenols is 1. The third kappa shape index (κ3) is 3.09. The fourth-order valence-electron chi connectivity index (χ4n) is 2.09. The van der Waals surface area contributed by atoms with Gasteiger partial charge in [0.1, 0.15) is 5.75 Å². The molecule has 0 aliphatic carbocycles. The van der Waals surface area contributed by atoms with E-state index in [4.69, 9.17) is 21.1 Å². The minimum absolute atomic E-state index is 0.0613. The van der Waals surface area contributed by atoms with Crippen LogP contribution in [0, 0.1) is 0 Å². The molecule has 0 fully saturated rings. The van der Waals surface area contributed by atoms with Crippen LogP contribution in [0.3, 0.4) is 0 Å². The zero-order valence-corrected chi connectivity index (χ0v) is 12.4. The summed E-state index contributed by atoms with van der Waals surface area (Å²) in [4.78, 5) is 12.2. The number of carbonyl (C=O) groups is 1. The van der Waals surface area contributed by atoms with Gasteiger partial charge in [0.05, 0.1) is 18.2 Å². The number of anilines is 1. The number of fused-ring (bicyclic) bond motifs is 1. The Morgan fingerprint density at radius 2 is 1.86 bits per heavy atom. The molecule has 2 N–H and O–H groups in total. The maximum atomic E-state index is 12.2. The second-order valence-corrected chi connectivity index (χ2v) is 5.24. The molecule has 3 rings (SSSR count). The number of nitrogens with one attached hydrogen (secondary N) is 1. The predicted molar refractivity (Wildman–Crippen MR) is 83.1 cm³/mol. The Morgan fingerprint density at radius 1 is 1.09 bits per heavy atom. The summed E-state index contributed by atoms with van der Waals surface area (Å²) in [5.74, 6) is 0.896. The molecule has 1 amide bonds. The number of phenolic OH excluding ortho intramolecular Hbond substituents is 1. The van der Waals surface area contributed by atoms with Gasteiger partial charge < -0.3 is 19.9 Å². The first kappa shape index (κ1) is 14.5. The van der Waals surface area contributed by atoms with Crippen molar-refractivity contribution in [3.63, 3.8) is 0 Å². The second-order valence-electron chi connectivity index (χ2n) is 4.83. The third-order valence-electron chi connectivity index (χ3n) is 3.22. The summed E-state index contributed by atoms with van der Waals surface area (Å²) >= 11 is 5.81.